The Balaban J connectivity index is 2.39. The number of carbonyl (C=O) groups is 1. The van der Waals surface area contributed by atoms with Gasteiger partial charge in [-0.3, -0.25) is 14.9 Å². The number of nitro benzene ring substituents is 1. The van der Waals surface area contributed by atoms with Gasteiger partial charge in [-0.25, -0.2) is 0 Å². The van der Waals surface area contributed by atoms with Gasteiger partial charge in [0.05, 0.1) is 22.7 Å². The Bertz CT molecular complexity index is 1020. The van der Waals surface area contributed by atoms with E-state index in [2.05, 4.69) is 5.32 Å². The third kappa shape index (κ3) is 4.90. The van der Waals surface area contributed by atoms with E-state index in [0.717, 1.165) is 9.64 Å². The van der Waals surface area contributed by atoms with Crippen molar-refractivity contribution in [3.63, 3.8) is 0 Å². The molecular formula is C18H13ClIN3O5. The average Bonchev–Trinajstić information content (AvgIpc) is 2.66. The second kappa shape index (κ2) is 9.38. The number of methoxy groups -OCH3 is 2. The molecule has 0 bridgehead atoms. The minimum atomic E-state index is -0.794. The molecule has 0 unspecified atom stereocenters. The summed E-state index contributed by atoms with van der Waals surface area (Å²) in [7, 11) is 2.97. The van der Waals surface area contributed by atoms with E-state index >= 15 is 0 Å². The van der Waals surface area contributed by atoms with Crippen molar-refractivity contribution >= 4 is 57.5 Å². The van der Waals surface area contributed by atoms with E-state index in [1.165, 1.54) is 32.4 Å². The highest BCUT2D eigenvalue weighted by Crippen LogP contribution is 2.34. The predicted molar refractivity (Wildman–Crippen MR) is 113 cm³/mol. The molecule has 2 aromatic carbocycles. The number of benzene rings is 2. The molecule has 0 fully saturated rings. The molecule has 0 spiro atoms. The number of rotatable bonds is 6. The number of halogens is 2. The first-order valence-corrected chi connectivity index (χ1v) is 9.05. The molecule has 0 radical (unpaired) electrons. The van der Waals surface area contributed by atoms with E-state index in [4.69, 9.17) is 21.1 Å². The third-order valence-corrected chi connectivity index (χ3v) is 4.57. The zero-order chi connectivity index (χ0) is 20.8. The minimum absolute atomic E-state index is 0.0672. The fraction of sp³-hybridized carbons (Fsp3) is 0.111. The SMILES string of the molecule is COc1cc(/C=C(\C#N)C(=O)Nc2ccc(Cl)cc2[N+](=O)[O-])cc(I)c1OC. The molecule has 1 amide bonds. The summed E-state index contributed by atoms with van der Waals surface area (Å²) < 4.78 is 11.2. The number of hydrogen-bond donors (Lipinski definition) is 1. The number of nitrogens with zero attached hydrogens (tertiary/aromatic N) is 2. The number of amides is 1. The monoisotopic (exact) mass is 513 g/mol. The molecule has 0 aromatic heterocycles. The molecule has 28 heavy (non-hydrogen) atoms. The Morgan fingerprint density at radius 3 is 2.61 bits per heavy atom. The standard InChI is InChI=1S/C18H13ClIN3O5/c1-27-16-7-10(6-13(20)17(16)28-2)5-11(9-21)18(24)22-14-4-3-12(19)8-15(14)23(25)26/h3-8H,1-2H3,(H,22,24)/b11-5+. The maximum atomic E-state index is 12.5. The number of hydrogen-bond acceptors (Lipinski definition) is 6. The number of carbonyl (C=O) groups excluding carboxylic acids is 1. The molecule has 0 aliphatic rings. The molecule has 0 aliphatic heterocycles. The Labute approximate surface area is 179 Å². The summed E-state index contributed by atoms with van der Waals surface area (Å²) in [4.78, 5) is 22.9. The topological polar surface area (TPSA) is 114 Å². The lowest BCUT2D eigenvalue weighted by Crippen LogP contribution is -2.14. The van der Waals surface area contributed by atoms with E-state index in [0.29, 0.717) is 17.1 Å². The van der Waals surface area contributed by atoms with Gasteiger partial charge in [0.2, 0.25) is 0 Å². The van der Waals surface area contributed by atoms with Crippen molar-refractivity contribution in [3.05, 3.63) is 60.2 Å². The summed E-state index contributed by atoms with van der Waals surface area (Å²) in [5, 5.41) is 23.0. The largest absolute Gasteiger partial charge is 0.493 e. The van der Waals surface area contributed by atoms with Crippen molar-refractivity contribution in [2.45, 2.75) is 0 Å². The first-order valence-electron chi connectivity index (χ1n) is 7.59. The first kappa shape index (κ1) is 21.5. The van der Waals surface area contributed by atoms with Crippen LogP contribution < -0.4 is 14.8 Å². The number of nitro groups is 1. The van der Waals surface area contributed by atoms with Crippen molar-refractivity contribution in [1.29, 1.82) is 5.26 Å². The van der Waals surface area contributed by atoms with Gasteiger partial charge in [-0.1, -0.05) is 11.6 Å². The molecule has 1 N–H and O–H groups in total. The molecule has 0 saturated heterocycles. The smallest absolute Gasteiger partial charge is 0.294 e. The number of nitriles is 1. The molecular weight excluding hydrogens is 501 g/mol. The summed E-state index contributed by atoms with van der Waals surface area (Å²) >= 11 is 7.80. The molecule has 2 aromatic rings. The summed E-state index contributed by atoms with van der Waals surface area (Å²) in [6.45, 7) is 0. The van der Waals surface area contributed by atoms with Crippen molar-refractivity contribution in [3.8, 4) is 17.6 Å². The lowest BCUT2D eigenvalue weighted by atomic mass is 10.1. The van der Waals surface area contributed by atoms with Crippen LogP contribution >= 0.6 is 34.2 Å². The van der Waals surface area contributed by atoms with Crippen LogP contribution in [-0.2, 0) is 4.79 Å². The fourth-order valence-corrected chi connectivity index (χ4v) is 3.30. The number of anilines is 1. The number of ether oxygens (including phenoxy) is 2. The zero-order valence-electron chi connectivity index (χ0n) is 14.7. The van der Waals surface area contributed by atoms with Crippen LogP contribution in [-0.4, -0.2) is 25.1 Å². The maximum Gasteiger partial charge on any atom is 0.294 e. The van der Waals surface area contributed by atoms with Crippen LogP contribution in [0.3, 0.4) is 0 Å². The maximum absolute atomic E-state index is 12.5. The van der Waals surface area contributed by atoms with Crippen molar-refractivity contribution in [2.24, 2.45) is 0 Å². The fourth-order valence-electron chi connectivity index (χ4n) is 2.29. The molecule has 0 heterocycles. The van der Waals surface area contributed by atoms with Gasteiger partial charge in [0, 0.05) is 11.1 Å². The van der Waals surface area contributed by atoms with Gasteiger partial charge in [-0.15, -0.1) is 0 Å². The second-order valence-corrected chi connectivity index (χ2v) is 6.88. The quantitative estimate of drug-likeness (QED) is 0.201. The van der Waals surface area contributed by atoms with E-state index in [9.17, 15) is 20.2 Å². The average molecular weight is 514 g/mol. The summed E-state index contributed by atoms with van der Waals surface area (Å²) in [6, 6.07) is 8.92. The van der Waals surface area contributed by atoms with E-state index in [1.54, 1.807) is 18.2 Å². The second-order valence-electron chi connectivity index (χ2n) is 5.28. The van der Waals surface area contributed by atoms with Crippen LogP contribution in [0.2, 0.25) is 5.02 Å². The van der Waals surface area contributed by atoms with Gasteiger partial charge in [0.15, 0.2) is 11.5 Å². The first-order chi connectivity index (χ1) is 13.3. The molecule has 0 aliphatic carbocycles. The van der Waals surface area contributed by atoms with Crippen LogP contribution in [0, 0.1) is 25.0 Å². The Morgan fingerprint density at radius 1 is 1.32 bits per heavy atom. The van der Waals surface area contributed by atoms with Gasteiger partial charge in [-0.2, -0.15) is 5.26 Å². The molecule has 144 valence electrons. The van der Waals surface area contributed by atoms with Crippen molar-refractivity contribution in [2.75, 3.05) is 19.5 Å². The molecule has 0 atom stereocenters. The van der Waals surface area contributed by atoms with Crippen LogP contribution in [0.4, 0.5) is 11.4 Å². The molecule has 10 heteroatoms. The predicted octanol–water partition coefficient (Wildman–Crippen LogP) is 4.42. The van der Waals surface area contributed by atoms with Gasteiger partial charge in [-0.05, 0) is 58.5 Å². The van der Waals surface area contributed by atoms with Crippen LogP contribution in [0.5, 0.6) is 11.5 Å². The highest BCUT2D eigenvalue weighted by molar-refractivity contribution is 14.1. The van der Waals surface area contributed by atoms with Crippen molar-refractivity contribution in [1.82, 2.24) is 0 Å². The normalized spacial score (nSPS) is 10.8. The van der Waals surface area contributed by atoms with E-state index in [1.807, 2.05) is 22.6 Å². The Kier molecular flexibility index (Phi) is 7.19. The van der Waals surface area contributed by atoms with E-state index in [-0.39, 0.29) is 22.0 Å². The Morgan fingerprint density at radius 2 is 2.04 bits per heavy atom. The van der Waals surface area contributed by atoms with E-state index < -0.39 is 10.8 Å². The van der Waals surface area contributed by atoms with Gasteiger partial charge in [0.1, 0.15) is 17.3 Å². The summed E-state index contributed by atoms with van der Waals surface area (Å²) in [6.07, 6.45) is 1.35. The molecule has 0 saturated carbocycles. The summed E-state index contributed by atoms with van der Waals surface area (Å²) in [5.41, 5.74) is -0.159. The zero-order valence-corrected chi connectivity index (χ0v) is 17.6. The highest BCUT2D eigenvalue weighted by Gasteiger charge is 2.19. The van der Waals surface area contributed by atoms with Crippen molar-refractivity contribution < 1.29 is 19.2 Å². The van der Waals surface area contributed by atoms with Crippen LogP contribution in [0.25, 0.3) is 6.08 Å². The Hall–Kier alpha value is -2.84. The van der Waals surface area contributed by atoms with Gasteiger partial charge in [0.25, 0.3) is 11.6 Å². The molecule has 8 nitrogen and oxygen atoms in total. The molecule has 2 rings (SSSR count). The van der Waals surface area contributed by atoms with Gasteiger partial charge >= 0.3 is 0 Å². The lowest BCUT2D eigenvalue weighted by molar-refractivity contribution is -0.383. The van der Waals surface area contributed by atoms with Gasteiger partial charge < -0.3 is 14.8 Å². The summed E-state index contributed by atoms with van der Waals surface area (Å²) in [5.74, 6) is 0.171. The highest BCUT2D eigenvalue weighted by atomic mass is 127. The lowest BCUT2D eigenvalue weighted by Gasteiger charge is -2.11. The minimum Gasteiger partial charge on any atom is -0.493 e. The third-order valence-electron chi connectivity index (χ3n) is 3.54. The van der Waals surface area contributed by atoms with Crippen LogP contribution in [0.15, 0.2) is 35.9 Å². The number of nitrogens with one attached hydrogen (secondary N) is 1. The van der Waals surface area contributed by atoms with Crippen LogP contribution in [0.1, 0.15) is 5.56 Å².